The molecule has 10 nitrogen and oxygen atoms in total. The normalized spacial score (nSPS) is 13.7. The number of nitrogens with two attached hydrogens (primary N) is 3. The molecule has 1 aromatic carbocycles. The van der Waals surface area contributed by atoms with E-state index in [4.69, 9.17) is 17.2 Å². The van der Waals surface area contributed by atoms with Gasteiger partial charge in [-0.05, 0) is 24.3 Å². The number of hydrogen-bond acceptors (Lipinski definition) is 5. The third-order valence-corrected chi connectivity index (χ3v) is 4.45. The van der Waals surface area contributed by atoms with Gasteiger partial charge in [-0.2, -0.15) is 0 Å². The number of carbonyl (C=O) groups is 3. The summed E-state index contributed by atoms with van der Waals surface area (Å²) in [6.07, 6.45) is 1.02. The van der Waals surface area contributed by atoms with Crippen LogP contribution in [0.1, 0.15) is 32.3 Å². The lowest BCUT2D eigenvalue weighted by Gasteiger charge is -2.24. The van der Waals surface area contributed by atoms with Crippen molar-refractivity contribution >= 4 is 23.7 Å². The molecule has 0 fully saturated rings. The molecule has 0 saturated carbocycles. The molecule has 9 N–H and O–H groups in total. The lowest BCUT2D eigenvalue weighted by atomic mass is 10.0. The first-order chi connectivity index (χ1) is 14.1. The highest BCUT2D eigenvalue weighted by molar-refractivity contribution is 5.92. The highest BCUT2D eigenvalue weighted by Gasteiger charge is 2.29. The fourth-order valence-electron chi connectivity index (χ4n) is 2.76. The maximum atomic E-state index is 12.8. The first-order valence-electron chi connectivity index (χ1n) is 9.80. The van der Waals surface area contributed by atoms with Gasteiger partial charge in [0.1, 0.15) is 12.1 Å². The average Bonchev–Trinajstić information content (AvgIpc) is 2.68. The smallest absolute Gasteiger partial charge is 0.326 e. The number of aliphatic carboxylic acids is 1. The third kappa shape index (κ3) is 8.91. The summed E-state index contributed by atoms with van der Waals surface area (Å²) in [5.41, 5.74) is 17.2. The maximum Gasteiger partial charge on any atom is 0.326 e. The number of guanidine groups is 1. The van der Waals surface area contributed by atoms with Crippen LogP contribution in [0.25, 0.3) is 0 Å². The quantitative estimate of drug-likeness (QED) is 0.147. The zero-order chi connectivity index (χ0) is 22.7. The van der Waals surface area contributed by atoms with Gasteiger partial charge in [-0.25, -0.2) is 4.79 Å². The van der Waals surface area contributed by atoms with Crippen molar-refractivity contribution in [1.82, 2.24) is 10.6 Å². The van der Waals surface area contributed by atoms with Gasteiger partial charge in [0, 0.05) is 13.0 Å². The molecule has 0 aliphatic carbocycles. The Labute approximate surface area is 176 Å². The molecule has 0 aliphatic rings. The van der Waals surface area contributed by atoms with E-state index in [2.05, 4.69) is 15.6 Å². The number of nitrogens with one attached hydrogen (secondary N) is 2. The van der Waals surface area contributed by atoms with Crippen LogP contribution in [-0.2, 0) is 20.8 Å². The van der Waals surface area contributed by atoms with E-state index in [1.807, 2.05) is 30.3 Å². The largest absolute Gasteiger partial charge is 0.480 e. The van der Waals surface area contributed by atoms with Crippen LogP contribution in [0.3, 0.4) is 0 Å². The van der Waals surface area contributed by atoms with Crippen molar-refractivity contribution in [3.63, 3.8) is 0 Å². The number of carboxylic acid groups (broad SMARTS) is 1. The molecular weight excluding hydrogens is 388 g/mol. The second kappa shape index (κ2) is 12.4. The van der Waals surface area contributed by atoms with Crippen LogP contribution in [0.5, 0.6) is 0 Å². The number of carboxylic acids is 1. The van der Waals surface area contributed by atoms with E-state index in [1.54, 1.807) is 13.8 Å². The SMILES string of the molecule is CC(C)[C@H](NC(=O)[C@H](Cc1ccccc1)NC(=O)[C@@H](N)CCCN=C(N)N)C(=O)O. The number of amides is 2. The summed E-state index contributed by atoms with van der Waals surface area (Å²) in [5, 5.41) is 14.5. The molecule has 0 saturated heterocycles. The van der Waals surface area contributed by atoms with E-state index in [9.17, 15) is 19.5 Å². The van der Waals surface area contributed by atoms with Crippen LogP contribution in [-0.4, -0.2) is 53.5 Å². The summed E-state index contributed by atoms with van der Waals surface area (Å²) in [6, 6.07) is 6.21. The molecule has 0 heterocycles. The summed E-state index contributed by atoms with van der Waals surface area (Å²) >= 11 is 0. The molecule has 10 heteroatoms. The first-order valence-corrected chi connectivity index (χ1v) is 9.80. The van der Waals surface area contributed by atoms with Gasteiger partial charge >= 0.3 is 5.97 Å². The fraction of sp³-hybridized carbons (Fsp3) is 0.500. The molecule has 3 atom stereocenters. The molecule has 1 aromatic rings. The highest BCUT2D eigenvalue weighted by Crippen LogP contribution is 2.07. The Bertz CT molecular complexity index is 734. The molecular formula is C20H32N6O4. The summed E-state index contributed by atoms with van der Waals surface area (Å²) in [6.45, 7) is 3.72. The van der Waals surface area contributed by atoms with Gasteiger partial charge in [-0.1, -0.05) is 44.2 Å². The second-order valence-electron chi connectivity index (χ2n) is 7.37. The lowest BCUT2D eigenvalue weighted by molar-refractivity contribution is -0.143. The van der Waals surface area contributed by atoms with Gasteiger partial charge in [0.2, 0.25) is 11.8 Å². The van der Waals surface area contributed by atoms with Crippen molar-refractivity contribution in [2.75, 3.05) is 6.54 Å². The standard InChI is InChI=1S/C20H32N6O4/c1-12(2)16(19(29)30)26-18(28)15(11-13-7-4-3-5-8-13)25-17(27)14(21)9-6-10-24-20(22)23/h3-5,7-8,12,14-16H,6,9-11,21H2,1-2H3,(H,25,27)(H,26,28)(H,29,30)(H4,22,23,24)/t14-,15-,16-/m0/s1. The molecule has 1 rings (SSSR count). The van der Waals surface area contributed by atoms with Crippen molar-refractivity contribution in [3.8, 4) is 0 Å². The Morgan fingerprint density at radius 3 is 2.23 bits per heavy atom. The van der Waals surface area contributed by atoms with Crippen LogP contribution in [0.2, 0.25) is 0 Å². The first kappa shape index (κ1) is 24.9. The Morgan fingerprint density at radius 1 is 1.07 bits per heavy atom. The van der Waals surface area contributed by atoms with E-state index in [1.165, 1.54) is 0 Å². The summed E-state index contributed by atoms with van der Waals surface area (Å²) in [4.78, 5) is 40.6. The van der Waals surface area contributed by atoms with Crippen molar-refractivity contribution in [3.05, 3.63) is 35.9 Å². The minimum Gasteiger partial charge on any atom is -0.480 e. The van der Waals surface area contributed by atoms with Gasteiger partial charge in [-0.3, -0.25) is 14.6 Å². The molecule has 0 radical (unpaired) electrons. The molecule has 0 aromatic heterocycles. The molecule has 2 amide bonds. The molecule has 166 valence electrons. The van der Waals surface area contributed by atoms with E-state index < -0.39 is 35.9 Å². The van der Waals surface area contributed by atoms with Gasteiger partial charge in [0.05, 0.1) is 6.04 Å². The minimum absolute atomic E-state index is 0.0363. The van der Waals surface area contributed by atoms with Crippen molar-refractivity contribution < 1.29 is 19.5 Å². The number of aliphatic imine (C=N–C) groups is 1. The molecule has 30 heavy (non-hydrogen) atoms. The number of nitrogens with zero attached hydrogens (tertiary/aromatic N) is 1. The zero-order valence-electron chi connectivity index (χ0n) is 17.4. The minimum atomic E-state index is -1.14. The number of benzene rings is 1. The van der Waals surface area contributed by atoms with Crippen LogP contribution in [0.4, 0.5) is 0 Å². The van der Waals surface area contributed by atoms with Crippen LogP contribution >= 0.6 is 0 Å². The topological polar surface area (TPSA) is 186 Å². The van der Waals surface area contributed by atoms with Gasteiger partial charge < -0.3 is 32.9 Å². The number of rotatable bonds is 12. The van der Waals surface area contributed by atoms with Gasteiger partial charge in [0.25, 0.3) is 0 Å². The molecule has 0 bridgehead atoms. The molecule has 0 aliphatic heterocycles. The van der Waals surface area contributed by atoms with E-state index >= 15 is 0 Å². The summed E-state index contributed by atoms with van der Waals surface area (Å²) < 4.78 is 0. The number of carbonyl (C=O) groups excluding carboxylic acids is 2. The van der Waals surface area contributed by atoms with Gasteiger partial charge in [0.15, 0.2) is 5.96 Å². The zero-order valence-corrected chi connectivity index (χ0v) is 17.4. The Balaban J connectivity index is 2.84. The summed E-state index contributed by atoms with van der Waals surface area (Å²) in [7, 11) is 0. The number of hydrogen-bond donors (Lipinski definition) is 6. The van der Waals surface area contributed by atoms with Crippen LogP contribution in [0, 0.1) is 5.92 Å². The molecule has 0 unspecified atom stereocenters. The molecule has 0 spiro atoms. The van der Waals surface area contributed by atoms with Crippen molar-refractivity contribution in [2.45, 2.75) is 51.2 Å². The third-order valence-electron chi connectivity index (χ3n) is 4.45. The Hall–Kier alpha value is -3.14. The average molecular weight is 421 g/mol. The van der Waals surface area contributed by atoms with Crippen molar-refractivity contribution in [1.29, 1.82) is 0 Å². The van der Waals surface area contributed by atoms with Crippen LogP contribution < -0.4 is 27.8 Å². The Morgan fingerprint density at radius 2 is 1.70 bits per heavy atom. The lowest BCUT2D eigenvalue weighted by Crippen LogP contribution is -2.56. The highest BCUT2D eigenvalue weighted by atomic mass is 16.4. The second-order valence-corrected chi connectivity index (χ2v) is 7.37. The monoisotopic (exact) mass is 420 g/mol. The van der Waals surface area contributed by atoms with Gasteiger partial charge in [-0.15, -0.1) is 0 Å². The van der Waals surface area contributed by atoms with Crippen LogP contribution in [0.15, 0.2) is 35.3 Å². The fourth-order valence-corrected chi connectivity index (χ4v) is 2.76. The van der Waals surface area contributed by atoms with E-state index in [-0.39, 0.29) is 18.3 Å². The van der Waals surface area contributed by atoms with E-state index in [0.29, 0.717) is 19.4 Å². The predicted molar refractivity (Wildman–Crippen MR) is 114 cm³/mol. The summed E-state index contributed by atoms with van der Waals surface area (Å²) in [5.74, 6) is -2.59. The Kier molecular flexibility index (Phi) is 10.3. The predicted octanol–water partition coefficient (Wildman–Crippen LogP) is -0.680. The maximum absolute atomic E-state index is 12.8. The van der Waals surface area contributed by atoms with Crippen molar-refractivity contribution in [2.24, 2.45) is 28.1 Å². The van der Waals surface area contributed by atoms with E-state index in [0.717, 1.165) is 5.56 Å².